The smallest absolute Gasteiger partial charge is 0.270 e. The summed E-state index contributed by atoms with van der Waals surface area (Å²) in [6.07, 6.45) is 5.85. The van der Waals surface area contributed by atoms with Crippen molar-refractivity contribution in [3.63, 3.8) is 0 Å². The zero-order chi connectivity index (χ0) is 18.4. The number of hydrogen-bond donors (Lipinski definition) is 1. The third-order valence-corrected chi connectivity index (χ3v) is 6.49. The summed E-state index contributed by atoms with van der Waals surface area (Å²) in [6.45, 7) is 7.31. The van der Waals surface area contributed by atoms with E-state index in [2.05, 4.69) is 32.0 Å². The van der Waals surface area contributed by atoms with Gasteiger partial charge in [-0.05, 0) is 45.0 Å². The first-order valence-corrected chi connectivity index (χ1v) is 10.0. The minimum atomic E-state index is -0.0684. The Hall–Kier alpha value is -2.12. The molecule has 0 aromatic carbocycles. The number of likely N-dealkylation sites (N-methyl/N-ethyl adjacent to an activating group) is 1. The van der Waals surface area contributed by atoms with E-state index in [4.69, 9.17) is 4.42 Å². The summed E-state index contributed by atoms with van der Waals surface area (Å²) >= 11 is 0. The highest BCUT2D eigenvalue weighted by molar-refractivity contribution is 5.99. The summed E-state index contributed by atoms with van der Waals surface area (Å²) in [7, 11) is 2.14. The molecule has 1 atom stereocenters. The molecule has 144 valence electrons. The number of anilines is 1. The number of carbonyl (C=O) groups is 1. The number of piperazine rings is 1. The molecule has 2 aromatic rings. The number of amides is 1. The summed E-state index contributed by atoms with van der Waals surface area (Å²) in [5.74, 6) is 0.540. The molecular formula is C20H27N5O2. The van der Waals surface area contributed by atoms with Gasteiger partial charge in [0.25, 0.3) is 5.91 Å². The first kappa shape index (κ1) is 17.0. The molecule has 0 radical (unpaired) electrons. The van der Waals surface area contributed by atoms with Gasteiger partial charge in [-0.3, -0.25) is 4.79 Å². The average Bonchev–Trinajstić information content (AvgIpc) is 3.13. The van der Waals surface area contributed by atoms with Gasteiger partial charge in [0.15, 0.2) is 5.58 Å². The number of piperidine rings is 3. The van der Waals surface area contributed by atoms with Crippen molar-refractivity contribution < 1.29 is 9.21 Å². The molecule has 7 heteroatoms. The van der Waals surface area contributed by atoms with Gasteiger partial charge in [-0.2, -0.15) is 0 Å². The molecule has 1 amide bonds. The fraction of sp³-hybridized carbons (Fsp3) is 0.600. The number of rotatable bonds is 3. The maximum absolute atomic E-state index is 12.8. The molecule has 0 saturated carbocycles. The zero-order valence-corrected chi connectivity index (χ0v) is 15.9. The van der Waals surface area contributed by atoms with E-state index < -0.39 is 0 Å². The third kappa shape index (κ3) is 3.19. The fourth-order valence-electron chi connectivity index (χ4n) is 4.71. The number of furan rings is 1. The summed E-state index contributed by atoms with van der Waals surface area (Å²) in [4.78, 5) is 24.3. The van der Waals surface area contributed by atoms with Crippen molar-refractivity contribution in [1.82, 2.24) is 20.1 Å². The molecule has 4 fully saturated rings. The molecule has 0 aliphatic carbocycles. The van der Waals surface area contributed by atoms with E-state index in [1.54, 1.807) is 12.5 Å². The van der Waals surface area contributed by atoms with Crippen molar-refractivity contribution in [3.8, 4) is 0 Å². The largest absolute Gasteiger partial charge is 0.460 e. The summed E-state index contributed by atoms with van der Waals surface area (Å²) < 4.78 is 5.70. The van der Waals surface area contributed by atoms with Crippen molar-refractivity contribution in [2.24, 2.45) is 5.92 Å². The lowest BCUT2D eigenvalue weighted by Gasteiger charge is -2.44. The Bertz CT molecular complexity index is 834. The summed E-state index contributed by atoms with van der Waals surface area (Å²) in [5.41, 5.74) is 2.29. The third-order valence-electron chi connectivity index (χ3n) is 6.49. The van der Waals surface area contributed by atoms with Crippen LogP contribution in [0.5, 0.6) is 0 Å². The highest BCUT2D eigenvalue weighted by atomic mass is 16.3. The molecule has 4 aliphatic rings. The van der Waals surface area contributed by atoms with E-state index in [0.717, 1.165) is 49.4 Å². The van der Waals surface area contributed by atoms with Gasteiger partial charge in [-0.15, -0.1) is 0 Å². The van der Waals surface area contributed by atoms with Crippen molar-refractivity contribution in [2.75, 3.05) is 57.8 Å². The van der Waals surface area contributed by atoms with Gasteiger partial charge in [0.1, 0.15) is 12.0 Å². The topological polar surface area (TPSA) is 64.9 Å². The molecule has 4 aliphatic heterocycles. The number of hydrogen-bond acceptors (Lipinski definition) is 6. The number of nitrogens with zero attached hydrogens (tertiary/aromatic N) is 4. The second kappa shape index (κ2) is 6.80. The van der Waals surface area contributed by atoms with Crippen LogP contribution in [0, 0.1) is 5.92 Å². The van der Waals surface area contributed by atoms with Crippen molar-refractivity contribution >= 4 is 22.6 Å². The second-order valence-corrected chi connectivity index (χ2v) is 8.19. The van der Waals surface area contributed by atoms with Crippen LogP contribution in [0.3, 0.4) is 0 Å². The van der Waals surface area contributed by atoms with Gasteiger partial charge < -0.3 is 24.4 Å². The number of fused-ring (bicyclic) bond motifs is 4. The number of pyridine rings is 1. The highest BCUT2D eigenvalue weighted by Crippen LogP contribution is 2.31. The van der Waals surface area contributed by atoms with Crippen LogP contribution in [-0.4, -0.2) is 79.6 Å². The Kier molecular flexibility index (Phi) is 4.28. The second-order valence-electron chi connectivity index (χ2n) is 8.19. The Morgan fingerprint density at radius 3 is 2.67 bits per heavy atom. The van der Waals surface area contributed by atoms with Gasteiger partial charge in [0.05, 0.1) is 11.9 Å². The summed E-state index contributed by atoms with van der Waals surface area (Å²) in [6, 6.07) is 2.14. The lowest BCUT2D eigenvalue weighted by atomic mass is 9.84. The molecule has 4 saturated heterocycles. The number of nitrogens with one attached hydrogen (secondary N) is 1. The molecule has 2 bridgehead atoms. The zero-order valence-electron chi connectivity index (χ0n) is 15.9. The van der Waals surface area contributed by atoms with Crippen LogP contribution in [0.2, 0.25) is 0 Å². The van der Waals surface area contributed by atoms with Crippen molar-refractivity contribution in [3.05, 3.63) is 24.2 Å². The molecular weight excluding hydrogens is 342 g/mol. The van der Waals surface area contributed by atoms with E-state index in [0.29, 0.717) is 11.6 Å². The first-order valence-electron chi connectivity index (χ1n) is 10.0. The molecule has 27 heavy (non-hydrogen) atoms. The van der Waals surface area contributed by atoms with Crippen LogP contribution in [0.1, 0.15) is 23.3 Å². The Morgan fingerprint density at radius 1 is 1.19 bits per heavy atom. The van der Waals surface area contributed by atoms with Crippen LogP contribution < -0.4 is 10.2 Å². The normalized spacial score (nSPS) is 28.6. The van der Waals surface area contributed by atoms with E-state index >= 15 is 0 Å². The van der Waals surface area contributed by atoms with E-state index in [1.165, 1.54) is 25.9 Å². The maximum Gasteiger partial charge on any atom is 0.270 e. The van der Waals surface area contributed by atoms with Gasteiger partial charge in [0, 0.05) is 44.2 Å². The van der Waals surface area contributed by atoms with E-state index in [9.17, 15) is 4.79 Å². The molecule has 0 spiro atoms. The minimum Gasteiger partial charge on any atom is -0.460 e. The van der Waals surface area contributed by atoms with Crippen molar-refractivity contribution in [1.29, 1.82) is 0 Å². The molecule has 2 aromatic heterocycles. The minimum absolute atomic E-state index is 0.0684. The quantitative estimate of drug-likeness (QED) is 0.882. The fourth-order valence-corrected chi connectivity index (χ4v) is 4.71. The van der Waals surface area contributed by atoms with Crippen molar-refractivity contribution in [2.45, 2.75) is 18.9 Å². The molecule has 6 heterocycles. The van der Waals surface area contributed by atoms with Crippen LogP contribution in [-0.2, 0) is 0 Å². The summed E-state index contributed by atoms with van der Waals surface area (Å²) in [5, 5.41) is 4.21. The molecule has 6 rings (SSSR count). The van der Waals surface area contributed by atoms with Crippen LogP contribution >= 0.6 is 0 Å². The van der Waals surface area contributed by atoms with Crippen LogP contribution in [0.15, 0.2) is 22.9 Å². The lowest BCUT2D eigenvalue weighted by molar-refractivity contribution is 0.0618. The Labute approximate surface area is 159 Å². The molecule has 1 N–H and O–H groups in total. The number of aromatic nitrogens is 1. The highest BCUT2D eigenvalue weighted by Gasteiger charge is 2.35. The molecule has 1 unspecified atom stereocenters. The van der Waals surface area contributed by atoms with Gasteiger partial charge in [-0.25, -0.2) is 4.98 Å². The Morgan fingerprint density at radius 2 is 1.96 bits per heavy atom. The van der Waals surface area contributed by atoms with Gasteiger partial charge in [0.2, 0.25) is 0 Å². The predicted octanol–water partition coefficient (Wildman–Crippen LogP) is 1.40. The van der Waals surface area contributed by atoms with E-state index in [-0.39, 0.29) is 11.9 Å². The average molecular weight is 369 g/mol. The molecule has 7 nitrogen and oxygen atoms in total. The van der Waals surface area contributed by atoms with Gasteiger partial charge >= 0.3 is 0 Å². The van der Waals surface area contributed by atoms with E-state index in [1.807, 2.05) is 6.07 Å². The van der Waals surface area contributed by atoms with Gasteiger partial charge in [-0.1, -0.05) is 0 Å². The SMILES string of the molecule is CN1CCN(c2coc3cnc(C(=O)NC4CN5CCC4CC5)cc23)CC1. The number of carbonyl (C=O) groups excluding carboxylic acids is 1. The van der Waals surface area contributed by atoms with Crippen LogP contribution in [0.25, 0.3) is 11.0 Å². The monoisotopic (exact) mass is 369 g/mol. The predicted molar refractivity (Wildman–Crippen MR) is 104 cm³/mol. The first-order chi connectivity index (χ1) is 13.2. The Balaban J connectivity index is 1.36. The lowest BCUT2D eigenvalue weighted by Crippen LogP contribution is -2.57. The van der Waals surface area contributed by atoms with Crippen LogP contribution in [0.4, 0.5) is 5.69 Å². The standard InChI is InChI=1S/C20H27N5O2/c1-23-6-8-25(9-7-23)18-13-27-19-11-21-16(10-15(18)19)20(26)22-17-12-24-4-2-14(17)3-5-24/h10-11,13-14,17H,2-9,12H2,1H3,(H,22,26). The maximum atomic E-state index is 12.8.